The average molecular weight is 301 g/mol. The molecule has 1 aromatic carbocycles. The van der Waals surface area contributed by atoms with Gasteiger partial charge in [0.05, 0.1) is 16.1 Å². The van der Waals surface area contributed by atoms with Gasteiger partial charge in [-0.25, -0.2) is 14.8 Å². The summed E-state index contributed by atoms with van der Waals surface area (Å²) in [5, 5.41) is 12.3. The minimum Gasteiger partial charge on any atom is -0.478 e. The Morgan fingerprint density at radius 2 is 2.29 bits per heavy atom. The fourth-order valence-corrected chi connectivity index (χ4v) is 3.19. The number of carbonyl (C=O) groups is 1. The van der Waals surface area contributed by atoms with Crippen LogP contribution in [0.1, 0.15) is 34.0 Å². The Labute approximate surface area is 125 Å². The lowest BCUT2D eigenvalue weighted by Crippen LogP contribution is -2.07. The molecule has 108 valence electrons. The lowest BCUT2D eigenvalue weighted by Gasteiger charge is -2.12. The number of hydrogen-bond donors (Lipinski definition) is 1. The van der Waals surface area contributed by atoms with Crippen LogP contribution in [-0.4, -0.2) is 25.6 Å². The average Bonchev–Trinajstić information content (AvgIpc) is 3.07. The van der Waals surface area contributed by atoms with E-state index in [1.54, 1.807) is 29.7 Å². The molecule has 0 saturated carbocycles. The molecule has 3 aromatic rings. The van der Waals surface area contributed by atoms with E-state index in [-0.39, 0.29) is 11.5 Å². The monoisotopic (exact) mass is 301 g/mol. The molecular weight excluding hydrogens is 286 g/mol. The number of benzene rings is 1. The second-order valence-electron chi connectivity index (χ2n) is 5.02. The van der Waals surface area contributed by atoms with E-state index in [1.165, 1.54) is 0 Å². The molecule has 0 amide bonds. The number of hydrogen-bond acceptors (Lipinski definition) is 4. The first-order chi connectivity index (χ1) is 10.1. The predicted molar refractivity (Wildman–Crippen MR) is 82.0 cm³/mol. The Kier molecular flexibility index (Phi) is 3.47. The Balaban J connectivity index is 2.05. The number of para-hydroxylation sites is 1. The molecule has 0 spiro atoms. The van der Waals surface area contributed by atoms with Gasteiger partial charge >= 0.3 is 5.97 Å². The topological polar surface area (TPSA) is 68.0 Å². The lowest BCUT2D eigenvalue weighted by molar-refractivity contribution is 0.0699. The maximum Gasteiger partial charge on any atom is 0.337 e. The van der Waals surface area contributed by atoms with Gasteiger partial charge in [0.25, 0.3) is 0 Å². The highest BCUT2D eigenvalue weighted by Gasteiger charge is 2.17. The second kappa shape index (κ2) is 5.29. The fourth-order valence-electron chi connectivity index (χ4n) is 2.50. The highest BCUT2D eigenvalue weighted by atomic mass is 32.1. The first-order valence-electron chi connectivity index (χ1n) is 6.66. The van der Waals surface area contributed by atoms with E-state index < -0.39 is 5.97 Å². The molecule has 6 heteroatoms. The number of aryl methyl sites for hydroxylation is 1. The molecular formula is C15H15N3O2S. The molecule has 0 saturated heterocycles. The third kappa shape index (κ3) is 2.42. The number of rotatable bonds is 4. The summed E-state index contributed by atoms with van der Waals surface area (Å²) >= 11 is 1.63. The molecule has 1 unspecified atom stereocenters. The highest BCUT2D eigenvalue weighted by Crippen LogP contribution is 2.25. The largest absolute Gasteiger partial charge is 0.478 e. The van der Waals surface area contributed by atoms with Crippen molar-refractivity contribution >= 4 is 28.3 Å². The molecule has 0 bridgehead atoms. The molecule has 2 heterocycles. The van der Waals surface area contributed by atoms with Gasteiger partial charge in [-0.2, -0.15) is 0 Å². The van der Waals surface area contributed by atoms with Crippen molar-refractivity contribution in [3.05, 3.63) is 46.2 Å². The van der Waals surface area contributed by atoms with Crippen LogP contribution in [0, 0.1) is 6.92 Å². The lowest BCUT2D eigenvalue weighted by atomic mass is 10.1. The van der Waals surface area contributed by atoms with Crippen molar-refractivity contribution in [1.29, 1.82) is 0 Å². The van der Waals surface area contributed by atoms with Gasteiger partial charge in [0.1, 0.15) is 11.3 Å². The Bertz CT molecular complexity index is 793. The minimum atomic E-state index is -0.946. The van der Waals surface area contributed by atoms with Gasteiger partial charge in [0, 0.05) is 24.0 Å². The minimum absolute atomic E-state index is 0.247. The number of carboxylic acid groups (broad SMARTS) is 1. The number of carboxylic acids is 1. The van der Waals surface area contributed by atoms with Gasteiger partial charge < -0.3 is 9.67 Å². The van der Waals surface area contributed by atoms with Gasteiger partial charge in [0.15, 0.2) is 0 Å². The molecule has 0 aliphatic heterocycles. The van der Waals surface area contributed by atoms with Gasteiger partial charge in [-0.3, -0.25) is 0 Å². The van der Waals surface area contributed by atoms with Crippen LogP contribution in [0.15, 0.2) is 29.8 Å². The van der Waals surface area contributed by atoms with E-state index in [4.69, 9.17) is 0 Å². The van der Waals surface area contributed by atoms with Crippen LogP contribution < -0.4 is 0 Å². The van der Waals surface area contributed by atoms with Crippen LogP contribution in [0.25, 0.3) is 11.0 Å². The molecule has 1 N–H and O–H groups in total. The van der Waals surface area contributed by atoms with Crippen LogP contribution in [-0.2, 0) is 6.54 Å². The van der Waals surface area contributed by atoms with Crippen LogP contribution >= 0.6 is 11.3 Å². The first-order valence-corrected chi connectivity index (χ1v) is 7.54. The van der Waals surface area contributed by atoms with E-state index >= 15 is 0 Å². The smallest absolute Gasteiger partial charge is 0.337 e. The Morgan fingerprint density at radius 3 is 2.95 bits per heavy atom. The number of aromatic carboxylic acids is 1. The number of fused-ring (bicyclic) bond motifs is 1. The molecule has 1 atom stereocenters. The van der Waals surface area contributed by atoms with Crippen molar-refractivity contribution in [3.8, 4) is 0 Å². The zero-order valence-corrected chi connectivity index (χ0v) is 12.6. The molecule has 0 aliphatic carbocycles. The summed E-state index contributed by atoms with van der Waals surface area (Å²) in [7, 11) is 0. The summed E-state index contributed by atoms with van der Waals surface area (Å²) in [6, 6.07) is 5.26. The van der Waals surface area contributed by atoms with E-state index in [1.807, 2.05) is 18.4 Å². The Morgan fingerprint density at radius 1 is 1.48 bits per heavy atom. The molecule has 0 fully saturated rings. The number of thiazole rings is 1. The maximum absolute atomic E-state index is 11.3. The predicted octanol–water partition coefficient (Wildman–Crippen LogP) is 3.30. The molecule has 0 aliphatic rings. The third-order valence-corrected chi connectivity index (χ3v) is 4.54. The normalized spacial score (nSPS) is 12.7. The summed E-state index contributed by atoms with van der Waals surface area (Å²) in [4.78, 5) is 20.1. The van der Waals surface area contributed by atoms with E-state index in [2.05, 4.69) is 21.5 Å². The van der Waals surface area contributed by atoms with Crippen LogP contribution in [0.4, 0.5) is 0 Å². The Hall–Kier alpha value is -2.21. The van der Waals surface area contributed by atoms with Gasteiger partial charge in [-0.05, 0) is 19.1 Å². The highest BCUT2D eigenvalue weighted by molar-refractivity contribution is 7.09. The van der Waals surface area contributed by atoms with Crippen molar-refractivity contribution in [2.24, 2.45) is 0 Å². The van der Waals surface area contributed by atoms with Crippen molar-refractivity contribution in [3.63, 3.8) is 0 Å². The van der Waals surface area contributed by atoms with Gasteiger partial charge in [-0.15, -0.1) is 11.3 Å². The van der Waals surface area contributed by atoms with Gasteiger partial charge in [0.2, 0.25) is 0 Å². The molecule has 5 nitrogen and oxygen atoms in total. The second-order valence-corrected chi connectivity index (χ2v) is 5.95. The molecule has 2 aromatic heterocycles. The summed E-state index contributed by atoms with van der Waals surface area (Å²) in [6.45, 7) is 4.75. The van der Waals surface area contributed by atoms with Crippen molar-refractivity contribution in [2.45, 2.75) is 26.3 Å². The standard InChI is InChI=1S/C15H15N3O2S/c1-9(14-16-6-7-21-14)8-18-10(2)17-13-11(15(19)20)4-3-5-12(13)18/h3-7,9H,8H2,1-2H3,(H,19,20). The van der Waals surface area contributed by atoms with Crippen LogP contribution in [0.5, 0.6) is 0 Å². The molecule has 3 rings (SSSR count). The summed E-state index contributed by atoms with van der Waals surface area (Å²) < 4.78 is 2.06. The molecule has 21 heavy (non-hydrogen) atoms. The van der Waals surface area contributed by atoms with Crippen molar-refractivity contribution in [2.75, 3.05) is 0 Å². The zero-order valence-electron chi connectivity index (χ0n) is 11.8. The van der Waals surface area contributed by atoms with E-state index in [0.29, 0.717) is 5.52 Å². The molecule has 0 radical (unpaired) electrons. The summed E-state index contributed by atoms with van der Waals surface area (Å²) in [5.41, 5.74) is 1.65. The van der Waals surface area contributed by atoms with E-state index in [9.17, 15) is 9.90 Å². The van der Waals surface area contributed by atoms with Crippen molar-refractivity contribution in [1.82, 2.24) is 14.5 Å². The zero-order chi connectivity index (χ0) is 15.0. The first kappa shape index (κ1) is 13.8. The number of aromatic nitrogens is 3. The van der Waals surface area contributed by atoms with Crippen molar-refractivity contribution < 1.29 is 9.90 Å². The van der Waals surface area contributed by atoms with Gasteiger partial charge in [-0.1, -0.05) is 13.0 Å². The maximum atomic E-state index is 11.3. The van der Waals surface area contributed by atoms with Crippen LogP contribution in [0.2, 0.25) is 0 Å². The SMILES string of the molecule is Cc1nc2c(C(=O)O)cccc2n1CC(C)c1nccs1. The quantitative estimate of drug-likeness (QED) is 0.802. The van der Waals surface area contributed by atoms with Crippen LogP contribution in [0.3, 0.4) is 0 Å². The third-order valence-electron chi connectivity index (χ3n) is 3.53. The number of nitrogens with zero attached hydrogens (tertiary/aromatic N) is 3. The number of imidazole rings is 1. The van der Waals surface area contributed by atoms with E-state index in [0.717, 1.165) is 22.9 Å². The fraction of sp³-hybridized carbons (Fsp3) is 0.267. The summed E-state index contributed by atoms with van der Waals surface area (Å²) in [6.07, 6.45) is 1.80. The summed E-state index contributed by atoms with van der Waals surface area (Å²) in [5.74, 6) is 0.134.